The molecular weight excluding hydrogens is 480 g/mol. The van der Waals surface area contributed by atoms with E-state index in [4.69, 9.17) is 16.0 Å². The Bertz CT molecular complexity index is 1230. The third-order valence-electron chi connectivity index (χ3n) is 4.25. The van der Waals surface area contributed by atoms with Gasteiger partial charge in [0.15, 0.2) is 0 Å². The minimum Gasteiger partial charge on any atom is -0.459 e. The van der Waals surface area contributed by atoms with Crippen LogP contribution in [0.1, 0.15) is 15.4 Å². The highest BCUT2D eigenvalue weighted by Crippen LogP contribution is 2.40. The molecule has 4 rings (SSSR count). The van der Waals surface area contributed by atoms with Crippen molar-refractivity contribution in [3.05, 3.63) is 84.8 Å². The Morgan fingerprint density at radius 2 is 1.93 bits per heavy atom. The normalized spacial score (nSPS) is 11.0. The number of hydrogen-bond acceptors (Lipinski definition) is 5. The molecule has 0 saturated heterocycles. The average Bonchev–Trinajstić information content (AvgIpc) is 3.31. The first-order valence-corrected chi connectivity index (χ1v) is 10.4. The van der Waals surface area contributed by atoms with Crippen molar-refractivity contribution in [2.75, 3.05) is 0 Å². The van der Waals surface area contributed by atoms with Crippen LogP contribution < -0.4 is 5.32 Å². The van der Waals surface area contributed by atoms with Crippen molar-refractivity contribution in [3.8, 4) is 11.3 Å². The van der Waals surface area contributed by atoms with E-state index in [1.165, 1.54) is 6.07 Å². The summed E-state index contributed by atoms with van der Waals surface area (Å²) in [5.74, 6) is 0.865. The second-order valence-corrected chi connectivity index (χ2v) is 8.43. The van der Waals surface area contributed by atoms with Gasteiger partial charge in [0, 0.05) is 21.5 Å². The molecule has 2 aromatic carbocycles. The lowest BCUT2D eigenvalue weighted by Crippen LogP contribution is -2.21. The molecule has 0 atom stereocenters. The number of fused-ring (bicyclic) bond motifs is 1. The monoisotopic (exact) mass is 490 g/mol. The van der Waals surface area contributed by atoms with Gasteiger partial charge >= 0.3 is 0 Å². The van der Waals surface area contributed by atoms with Crippen LogP contribution in [-0.2, 0) is 6.54 Å². The lowest BCUT2D eigenvalue weighted by atomic mass is 10.2. The molecule has 0 fully saturated rings. The maximum absolute atomic E-state index is 12.6. The first-order chi connectivity index (χ1) is 13.9. The second kappa shape index (κ2) is 7.98. The molecule has 0 aliphatic heterocycles. The van der Waals surface area contributed by atoms with E-state index >= 15 is 0 Å². The number of nitro groups is 1. The summed E-state index contributed by atoms with van der Waals surface area (Å²) in [4.78, 5) is 23.6. The largest absolute Gasteiger partial charge is 0.459 e. The predicted octanol–water partition coefficient (Wildman–Crippen LogP) is 6.42. The molecule has 0 radical (unpaired) electrons. The number of nitro benzene ring substituents is 1. The van der Waals surface area contributed by atoms with Gasteiger partial charge in [0.05, 0.1) is 16.5 Å². The van der Waals surface area contributed by atoms with Crippen LogP contribution in [0.2, 0.25) is 5.02 Å². The average molecular weight is 492 g/mol. The van der Waals surface area contributed by atoms with Gasteiger partial charge in [0.1, 0.15) is 21.1 Å². The van der Waals surface area contributed by atoms with Crippen molar-refractivity contribution in [2.24, 2.45) is 0 Å². The Hall–Kier alpha value is -2.68. The van der Waals surface area contributed by atoms with Crippen LogP contribution >= 0.6 is 38.9 Å². The first kappa shape index (κ1) is 19.6. The standard InChI is InChI=1S/C20H12BrClN2O4S/c21-12-6-4-11(5-7-12)16-9-8-13(28-16)10-23-20(25)19-17(22)14-2-1-3-15(24(26)27)18(14)29-19/h1-9H,10H2,(H,23,25). The summed E-state index contributed by atoms with van der Waals surface area (Å²) in [5, 5.41) is 14.7. The Morgan fingerprint density at radius 3 is 2.66 bits per heavy atom. The van der Waals surface area contributed by atoms with Gasteiger partial charge < -0.3 is 9.73 Å². The topological polar surface area (TPSA) is 85.4 Å². The first-order valence-electron chi connectivity index (χ1n) is 8.42. The zero-order valence-corrected chi connectivity index (χ0v) is 17.8. The van der Waals surface area contributed by atoms with Crippen molar-refractivity contribution in [2.45, 2.75) is 6.54 Å². The maximum Gasteiger partial charge on any atom is 0.287 e. The molecular formula is C20H12BrClN2O4S. The molecule has 4 aromatic rings. The molecule has 6 nitrogen and oxygen atoms in total. The number of amides is 1. The molecule has 0 saturated carbocycles. The molecule has 0 aliphatic carbocycles. The van der Waals surface area contributed by atoms with Crippen molar-refractivity contribution in [1.82, 2.24) is 5.32 Å². The number of non-ortho nitro benzene ring substituents is 1. The van der Waals surface area contributed by atoms with Crippen molar-refractivity contribution in [1.29, 1.82) is 0 Å². The number of furan rings is 1. The van der Waals surface area contributed by atoms with Gasteiger partial charge in [-0.2, -0.15) is 0 Å². The number of carbonyl (C=O) groups excluding carboxylic acids is 1. The quantitative estimate of drug-likeness (QED) is 0.258. The van der Waals surface area contributed by atoms with E-state index in [2.05, 4.69) is 21.2 Å². The van der Waals surface area contributed by atoms with Crippen LogP contribution in [-0.4, -0.2) is 10.8 Å². The third kappa shape index (κ3) is 3.91. The summed E-state index contributed by atoms with van der Waals surface area (Å²) in [7, 11) is 0. The van der Waals surface area contributed by atoms with Gasteiger partial charge in [-0.1, -0.05) is 51.8 Å². The highest BCUT2D eigenvalue weighted by Gasteiger charge is 2.22. The molecule has 29 heavy (non-hydrogen) atoms. The fourth-order valence-electron chi connectivity index (χ4n) is 2.85. The van der Waals surface area contributed by atoms with E-state index in [0.717, 1.165) is 21.4 Å². The molecule has 1 amide bonds. The van der Waals surface area contributed by atoms with Gasteiger partial charge in [-0.15, -0.1) is 11.3 Å². The number of hydrogen-bond donors (Lipinski definition) is 1. The number of halogens is 2. The van der Waals surface area contributed by atoms with Crippen molar-refractivity contribution < 1.29 is 14.1 Å². The number of thiophene rings is 1. The Balaban J connectivity index is 1.52. The summed E-state index contributed by atoms with van der Waals surface area (Å²) >= 11 is 10.7. The lowest BCUT2D eigenvalue weighted by molar-refractivity contribution is -0.382. The van der Waals surface area contributed by atoms with Gasteiger partial charge in [-0.25, -0.2) is 0 Å². The molecule has 146 valence electrons. The summed E-state index contributed by atoms with van der Waals surface area (Å²) in [6.45, 7) is 0.169. The number of rotatable bonds is 5. The fraction of sp³-hybridized carbons (Fsp3) is 0.0500. The maximum atomic E-state index is 12.6. The predicted molar refractivity (Wildman–Crippen MR) is 117 cm³/mol. The summed E-state index contributed by atoms with van der Waals surface area (Å²) < 4.78 is 7.14. The van der Waals surface area contributed by atoms with E-state index in [1.807, 2.05) is 30.3 Å². The summed E-state index contributed by atoms with van der Waals surface area (Å²) in [5.41, 5.74) is 0.851. The highest BCUT2D eigenvalue weighted by atomic mass is 79.9. The van der Waals surface area contributed by atoms with Gasteiger partial charge in [0.25, 0.3) is 11.6 Å². The van der Waals surface area contributed by atoms with Crippen LogP contribution in [0.5, 0.6) is 0 Å². The van der Waals surface area contributed by atoms with Crippen LogP contribution in [0, 0.1) is 10.1 Å². The molecule has 0 aliphatic rings. The van der Waals surface area contributed by atoms with E-state index < -0.39 is 10.8 Å². The lowest BCUT2D eigenvalue weighted by Gasteiger charge is -2.02. The highest BCUT2D eigenvalue weighted by molar-refractivity contribution is 9.10. The molecule has 9 heteroatoms. The minimum absolute atomic E-state index is 0.0707. The number of nitrogens with zero attached hydrogens (tertiary/aromatic N) is 1. The van der Waals surface area contributed by atoms with E-state index in [1.54, 1.807) is 18.2 Å². The molecule has 0 bridgehead atoms. The molecule has 1 N–H and O–H groups in total. The smallest absolute Gasteiger partial charge is 0.287 e. The van der Waals surface area contributed by atoms with Gasteiger partial charge in [0.2, 0.25) is 0 Å². The van der Waals surface area contributed by atoms with E-state index in [9.17, 15) is 14.9 Å². The minimum atomic E-state index is -0.483. The molecule has 0 spiro atoms. The zero-order valence-electron chi connectivity index (χ0n) is 14.6. The molecule has 2 heterocycles. The number of carbonyl (C=O) groups is 1. The second-order valence-electron chi connectivity index (χ2n) is 6.11. The number of nitrogens with one attached hydrogen (secondary N) is 1. The SMILES string of the molecule is O=C(NCc1ccc(-c2ccc(Br)cc2)o1)c1sc2c([N+](=O)[O-])cccc2c1Cl. The third-order valence-corrected chi connectivity index (χ3v) is 6.51. The van der Waals surface area contributed by atoms with Crippen LogP contribution in [0.3, 0.4) is 0 Å². The number of benzene rings is 2. The zero-order chi connectivity index (χ0) is 20.5. The Kier molecular flexibility index (Phi) is 5.40. The van der Waals surface area contributed by atoms with E-state index in [0.29, 0.717) is 21.6 Å². The van der Waals surface area contributed by atoms with Crippen molar-refractivity contribution >= 4 is 60.5 Å². The van der Waals surface area contributed by atoms with Crippen LogP contribution in [0.25, 0.3) is 21.4 Å². The molecule has 0 unspecified atom stereocenters. The molecule has 2 aromatic heterocycles. The Morgan fingerprint density at radius 1 is 1.17 bits per heavy atom. The van der Waals surface area contributed by atoms with E-state index in [-0.39, 0.29) is 22.1 Å². The summed E-state index contributed by atoms with van der Waals surface area (Å²) in [6.07, 6.45) is 0. The fourth-order valence-corrected chi connectivity index (χ4v) is 4.63. The van der Waals surface area contributed by atoms with Crippen LogP contribution in [0.4, 0.5) is 5.69 Å². The Labute approximate surface area is 182 Å². The van der Waals surface area contributed by atoms with Crippen LogP contribution in [0.15, 0.2) is 63.5 Å². The van der Waals surface area contributed by atoms with Gasteiger partial charge in [-0.3, -0.25) is 14.9 Å². The van der Waals surface area contributed by atoms with Crippen molar-refractivity contribution in [3.63, 3.8) is 0 Å². The summed E-state index contributed by atoms with van der Waals surface area (Å²) in [6, 6.07) is 15.9. The van der Waals surface area contributed by atoms with Gasteiger partial charge in [-0.05, 0) is 24.3 Å².